The molecule has 0 aromatic heterocycles. The number of hydrogen-bond acceptors (Lipinski definition) is 1. The lowest BCUT2D eigenvalue weighted by Gasteiger charge is -2.52. The van der Waals surface area contributed by atoms with E-state index in [0.29, 0.717) is 11.5 Å². The molecule has 0 saturated heterocycles. The van der Waals surface area contributed by atoms with Crippen molar-refractivity contribution in [2.75, 3.05) is 0 Å². The lowest BCUT2D eigenvalue weighted by atomic mass is 9.59. The van der Waals surface area contributed by atoms with Crippen LogP contribution >= 0.6 is 0 Å². The average Bonchev–Trinajstić information content (AvgIpc) is 1.80. The lowest BCUT2D eigenvalue weighted by Crippen LogP contribution is -2.58. The Morgan fingerprint density at radius 1 is 0.786 bits per heavy atom. The van der Waals surface area contributed by atoms with Crippen molar-refractivity contribution < 1.29 is 0 Å². The van der Waals surface area contributed by atoms with E-state index < -0.39 is 0 Å². The van der Waals surface area contributed by atoms with Crippen molar-refractivity contribution in [1.82, 2.24) is 5.32 Å². The maximum absolute atomic E-state index is 3.67. The molecule has 0 heterocycles. The Labute approximate surface area is 90.7 Å². The van der Waals surface area contributed by atoms with E-state index in [-0.39, 0.29) is 11.0 Å². The van der Waals surface area contributed by atoms with Crippen LogP contribution in [0.3, 0.4) is 0 Å². The minimum absolute atomic E-state index is 0.152. The normalized spacial score (nSPS) is 15.0. The summed E-state index contributed by atoms with van der Waals surface area (Å²) in [5, 5.41) is 3.67. The van der Waals surface area contributed by atoms with Gasteiger partial charge in [0.05, 0.1) is 0 Å². The fourth-order valence-corrected chi connectivity index (χ4v) is 1.84. The smallest absolute Gasteiger partial charge is 0.0183 e. The van der Waals surface area contributed by atoms with Gasteiger partial charge < -0.3 is 5.32 Å². The van der Waals surface area contributed by atoms with Crippen molar-refractivity contribution in [2.24, 2.45) is 10.8 Å². The first-order valence-electron chi connectivity index (χ1n) is 5.69. The van der Waals surface area contributed by atoms with E-state index in [2.05, 4.69) is 67.6 Å². The third-order valence-corrected chi connectivity index (χ3v) is 4.09. The minimum Gasteiger partial charge on any atom is -0.309 e. The van der Waals surface area contributed by atoms with Crippen LogP contribution < -0.4 is 5.32 Å². The molecule has 0 rings (SSSR count). The van der Waals surface area contributed by atoms with Crippen LogP contribution in [-0.2, 0) is 0 Å². The first-order valence-corrected chi connectivity index (χ1v) is 5.69. The summed E-state index contributed by atoms with van der Waals surface area (Å²) in [6.45, 7) is 20.7. The number of rotatable bonds is 3. The van der Waals surface area contributed by atoms with Crippen molar-refractivity contribution in [2.45, 2.75) is 73.9 Å². The molecule has 1 nitrogen and oxygen atoms in total. The van der Waals surface area contributed by atoms with Gasteiger partial charge in [-0.25, -0.2) is 0 Å². The lowest BCUT2D eigenvalue weighted by molar-refractivity contribution is 0.0225. The van der Waals surface area contributed by atoms with Gasteiger partial charge in [-0.15, -0.1) is 0 Å². The van der Waals surface area contributed by atoms with Crippen LogP contribution in [-0.4, -0.2) is 11.6 Å². The molecule has 0 unspecified atom stereocenters. The molecule has 0 fully saturated rings. The SMILES string of the molecule is CC(C)NC(C)(C)C(C)(C)C(C)(C)C. The van der Waals surface area contributed by atoms with Gasteiger partial charge in [0.2, 0.25) is 0 Å². The Kier molecular flexibility index (Phi) is 3.83. The van der Waals surface area contributed by atoms with Crippen molar-refractivity contribution in [3.05, 3.63) is 0 Å². The Morgan fingerprint density at radius 3 is 1.36 bits per heavy atom. The zero-order valence-corrected chi connectivity index (χ0v) is 11.6. The number of nitrogens with one attached hydrogen (secondary N) is 1. The molecular formula is C13H29N. The van der Waals surface area contributed by atoms with Crippen molar-refractivity contribution in [3.8, 4) is 0 Å². The summed E-state index contributed by atoms with van der Waals surface area (Å²) >= 11 is 0. The van der Waals surface area contributed by atoms with Gasteiger partial charge in [-0.2, -0.15) is 0 Å². The fraction of sp³-hybridized carbons (Fsp3) is 1.00. The highest BCUT2D eigenvalue weighted by Crippen LogP contribution is 2.46. The first kappa shape index (κ1) is 14.0. The van der Waals surface area contributed by atoms with E-state index in [9.17, 15) is 0 Å². The second-order valence-electron chi connectivity index (χ2n) is 6.80. The minimum atomic E-state index is 0.152. The molecule has 0 saturated carbocycles. The van der Waals surface area contributed by atoms with Gasteiger partial charge in [-0.3, -0.25) is 0 Å². The Bertz CT molecular complexity index is 182. The quantitative estimate of drug-likeness (QED) is 0.728. The second-order valence-corrected chi connectivity index (χ2v) is 6.80. The molecule has 86 valence electrons. The zero-order chi connectivity index (χ0) is 11.8. The summed E-state index contributed by atoms with van der Waals surface area (Å²) < 4.78 is 0. The van der Waals surface area contributed by atoms with Gasteiger partial charge >= 0.3 is 0 Å². The van der Waals surface area contributed by atoms with Gasteiger partial charge in [0.15, 0.2) is 0 Å². The van der Waals surface area contributed by atoms with Crippen LogP contribution in [0.15, 0.2) is 0 Å². The maximum atomic E-state index is 3.67. The predicted molar refractivity (Wildman–Crippen MR) is 65.6 cm³/mol. The largest absolute Gasteiger partial charge is 0.309 e. The van der Waals surface area contributed by atoms with E-state index in [4.69, 9.17) is 0 Å². The summed E-state index contributed by atoms with van der Waals surface area (Å²) in [6.07, 6.45) is 0. The highest BCUT2D eigenvalue weighted by atomic mass is 15.0. The van der Waals surface area contributed by atoms with Crippen LogP contribution in [0.4, 0.5) is 0 Å². The monoisotopic (exact) mass is 199 g/mol. The molecule has 0 aliphatic heterocycles. The molecule has 0 aromatic carbocycles. The van der Waals surface area contributed by atoms with Gasteiger partial charge in [0.1, 0.15) is 0 Å². The molecule has 0 aliphatic carbocycles. The van der Waals surface area contributed by atoms with Crippen LogP contribution in [0.5, 0.6) is 0 Å². The molecule has 1 heteroatoms. The molecule has 0 bridgehead atoms. The number of hydrogen-bond donors (Lipinski definition) is 1. The van der Waals surface area contributed by atoms with Crippen molar-refractivity contribution >= 4 is 0 Å². The van der Waals surface area contributed by atoms with Crippen molar-refractivity contribution in [3.63, 3.8) is 0 Å². The van der Waals surface area contributed by atoms with Crippen LogP contribution in [0.2, 0.25) is 0 Å². The Hall–Kier alpha value is -0.0400. The maximum Gasteiger partial charge on any atom is 0.0183 e. The zero-order valence-electron chi connectivity index (χ0n) is 11.6. The Morgan fingerprint density at radius 2 is 1.14 bits per heavy atom. The average molecular weight is 199 g/mol. The fourth-order valence-electron chi connectivity index (χ4n) is 1.84. The molecule has 0 aliphatic rings. The molecule has 0 amide bonds. The molecule has 14 heavy (non-hydrogen) atoms. The van der Waals surface area contributed by atoms with E-state index in [1.165, 1.54) is 0 Å². The standard InChI is InChI=1S/C13H29N/c1-10(2)14-13(8,9)12(6,7)11(3,4)5/h10,14H,1-9H3. The van der Waals surface area contributed by atoms with Gasteiger partial charge in [-0.05, 0) is 24.7 Å². The van der Waals surface area contributed by atoms with E-state index in [1.807, 2.05) is 0 Å². The van der Waals surface area contributed by atoms with E-state index >= 15 is 0 Å². The van der Waals surface area contributed by atoms with Gasteiger partial charge in [0, 0.05) is 11.6 Å². The third kappa shape index (κ3) is 2.73. The van der Waals surface area contributed by atoms with Gasteiger partial charge in [-0.1, -0.05) is 48.5 Å². The highest BCUT2D eigenvalue weighted by molar-refractivity contribution is 5.00. The topological polar surface area (TPSA) is 12.0 Å². The summed E-state index contributed by atoms with van der Waals surface area (Å²) in [5.41, 5.74) is 0.710. The molecule has 0 radical (unpaired) electrons. The summed E-state index contributed by atoms with van der Waals surface area (Å²) in [4.78, 5) is 0. The predicted octanol–water partition coefficient (Wildman–Crippen LogP) is 3.84. The highest BCUT2D eigenvalue weighted by Gasteiger charge is 2.45. The van der Waals surface area contributed by atoms with Crippen LogP contribution in [0.1, 0.15) is 62.3 Å². The van der Waals surface area contributed by atoms with Crippen LogP contribution in [0, 0.1) is 10.8 Å². The van der Waals surface area contributed by atoms with E-state index in [0.717, 1.165) is 0 Å². The van der Waals surface area contributed by atoms with Crippen molar-refractivity contribution in [1.29, 1.82) is 0 Å². The summed E-state index contributed by atoms with van der Waals surface area (Å²) in [6, 6.07) is 0.534. The van der Waals surface area contributed by atoms with Gasteiger partial charge in [0.25, 0.3) is 0 Å². The molecule has 0 atom stereocenters. The second kappa shape index (κ2) is 3.84. The van der Waals surface area contributed by atoms with E-state index in [1.54, 1.807) is 0 Å². The summed E-state index contributed by atoms with van der Waals surface area (Å²) in [5.74, 6) is 0. The van der Waals surface area contributed by atoms with Crippen LogP contribution in [0.25, 0.3) is 0 Å². The first-order chi connectivity index (χ1) is 5.92. The summed E-state index contributed by atoms with van der Waals surface area (Å²) in [7, 11) is 0. The molecule has 0 spiro atoms. The molecule has 0 aromatic rings. The molecule has 1 N–H and O–H groups in total. The Balaban J connectivity index is 4.88. The molecular weight excluding hydrogens is 170 g/mol. The third-order valence-electron chi connectivity index (χ3n) is 4.09.